The van der Waals surface area contributed by atoms with Crippen molar-refractivity contribution in [1.82, 2.24) is 15.3 Å². The molecule has 152 valence electrons. The molecule has 0 radical (unpaired) electrons. The monoisotopic (exact) mass is 494 g/mol. The van der Waals surface area contributed by atoms with Gasteiger partial charge in [-0.2, -0.15) is 0 Å². The second-order valence-electron chi connectivity index (χ2n) is 7.11. The second-order valence-corrected chi connectivity index (χ2v) is 9.46. The van der Waals surface area contributed by atoms with Crippen LogP contribution in [0.2, 0.25) is 5.02 Å². The van der Waals surface area contributed by atoms with Gasteiger partial charge in [0, 0.05) is 23.3 Å². The molecule has 0 unspecified atom stereocenters. The molecule has 29 heavy (non-hydrogen) atoms. The van der Waals surface area contributed by atoms with Crippen LogP contribution in [0.3, 0.4) is 0 Å². The molecule has 6 nitrogen and oxygen atoms in total. The van der Waals surface area contributed by atoms with E-state index in [-0.39, 0.29) is 5.92 Å². The normalized spacial score (nSPS) is 19.4. The van der Waals surface area contributed by atoms with Gasteiger partial charge in [0.1, 0.15) is 10.5 Å². The first-order valence-electron chi connectivity index (χ1n) is 9.43. The first kappa shape index (κ1) is 20.5. The molecule has 3 N–H and O–H groups in total. The number of nitrogens with one attached hydrogen (secondary N) is 2. The highest BCUT2D eigenvalue weighted by atomic mass is 79.9. The number of anilines is 2. The molecule has 0 bridgehead atoms. The number of carbonyl (C=O) groups is 1. The zero-order valence-corrected chi connectivity index (χ0v) is 18.6. The molecular formula is C20H20BrClN4O2S. The summed E-state index contributed by atoms with van der Waals surface area (Å²) in [6.45, 7) is 0.666. The van der Waals surface area contributed by atoms with Crippen molar-refractivity contribution in [3.63, 3.8) is 0 Å². The van der Waals surface area contributed by atoms with Crippen molar-refractivity contribution in [3.8, 4) is 0 Å². The van der Waals surface area contributed by atoms with Crippen molar-refractivity contribution in [2.75, 3.05) is 5.32 Å². The minimum Gasteiger partial charge on any atom is -0.481 e. The Bertz CT molecular complexity index is 1040. The maximum atomic E-state index is 11.1. The smallest absolute Gasteiger partial charge is 0.306 e. The zero-order chi connectivity index (χ0) is 20.4. The van der Waals surface area contributed by atoms with Gasteiger partial charge in [-0.25, -0.2) is 9.97 Å². The standard InChI is InChI=1S/C20H20BrClN4O2S/c21-13-2-1-3-14(17(13)22)25-19-18-15(8-9-23-19)29-16(26-18)10-24-12-6-4-11(5-7-12)20(27)28/h1-3,8-9,11-12,24H,4-7,10H2,(H,23,25)(H,27,28)/t11-,12-. The molecule has 0 amide bonds. The van der Waals surface area contributed by atoms with E-state index in [9.17, 15) is 4.79 Å². The molecule has 0 aliphatic heterocycles. The van der Waals surface area contributed by atoms with Crippen LogP contribution >= 0.6 is 38.9 Å². The number of nitrogens with zero attached hydrogens (tertiary/aromatic N) is 2. The van der Waals surface area contributed by atoms with E-state index in [0.717, 1.165) is 51.1 Å². The molecule has 0 atom stereocenters. The summed E-state index contributed by atoms with van der Waals surface area (Å²) in [4.78, 5) is 20.3. The zero-order valence-electron chi connectivity index (χ0n) is 15.5. The van der Waals surface area contributed by atoms with E-state index < -0.39 is 5.97 Å². The van der Waals surface area contributed by atoms with E-state index in [0.29, 0.717) is 23.4 Å². The molecule has 1 aliphatic carbocycles. The number of benzene rings is 1. The SMILES string of the molecule is O=C(O)[C@H]1CC[C@H](NCc2nc3c(Nc4cccc(Br)c4Cl)nccc3s2)CC1. The van der Waals surface area contributed by atoms with Crippen LogP contribution in [-0.4, -0.2) is 27.1 Å². The topological polar surface area (TPSA) is 87.1 Å². The van der Waals surface area contributed by atoms with Gasteiger partial charge in [0.2, 0.25) is 0 Å². The average molecular weight is 496 g/mol. The highest BCUT2D eigenvalue weighted by Crippen LogP contribution is 2.34. The van der Waals surface area contributed by atoms with Crippen molar-refractivity contribution < 1.29 is 9.90 Å². The van der Waals surface area contributed by atoms with E-state index in [1.54, 1.807) is 17.5 Å². The quantitative estimate of drug-likeness (QED) is 0.413. The van der Waals surface area contributed by atoms with Crippen molar-refractivity contribution >= 4 is 66.6 Å². The van der Waals surface area contributed by atoms with Crippen LogP contribution in [0.1, 0.15) is 30.7 Å². The minimum atomic E-state index is -0.673. The number of carboxylic acids is 1. The van der Waals surface area contributed by atoms with E-state index >= 15 is 0 Å². The highest BCUT2D eigenvalue weighted by molar-refractivity contribution is 9.10. The third-order valence-electron chi connectivity index (χ3n) is 5.17. The molecule has 2 aromatic heterocycles. The van der Waals surface area contributed by atoms with Crippen LogP contribution in [0.4, 0.5) is 11.5 Å². The summed E-state index contributed by atoms with van der Waals surface area (Å²) in [6.07, 6.45) is 5.00. The average Bonchev–Trinajstić information content (AvgIpc) is 3.14. The Balaban J connectivity index is 1.45. The Morgan fingerprint density at radius 2 is 2.07 bits per heavy atom. The van der Waals surface area contributed by atoms with Crippen LogP contribution < -0.4 is 10.6 Å². The van der Waals surface area contributed by atoms with Gasteiger partial charge in [-0.3, -0.25) is 4.79 Å². The van der Waals surface area contributed by atoms with Crippen LogP contribution in [0.5, 0.6) is 0 Å². The number of aliphatic carboxylic acids is 1. The summed E-state index contributed by atoms with van der Waals surface area (Å²) < 4.78 is 1.87. The number of rotatable bonds is 6. The van der Waals surface area contributed by atoms with Crippen LogP contribution in [-0.2, 0) is 11.3 Å². The molecule has 0 saturated heterocycles. The Morgan fingerprint density at radius 3 is 2.83 bits per heavy atom. The molecule has 2 heterocycles. The van der Waals surface area contributed by atoms with Crippen molar-refractivity contribution in [2.24, 2.45) is 5.92 Å². The molecular weight excluding hydrogens is 476 g/mol. The predicted molar refractivity (Wildman–Crippen MR) is 120 cm³/mol. The number of fused-ring (bicyclic) bond motifs is 1. The second kappa shape index (κ2) is 8.95. The minimum absolute atomic E-state index is 0.194. The fourth-order valence-corrected chi connectivity index (χ4v) is 5.03. The summed E-state index contributed by atoms with van der Waals surface area (Å²) in [5.41, 5.74) is 1.59. The predicted octanol–water partition coefficient (Wildman–Crippen LogP) is 5.58. The van der Waals surface area contributed by atoms with Gasteiger partial charge >= 0.3 is 5.97 Å². The van der Waals surface area contributed by atoms with Gasteiger partial charge in [0.15, 0.2) is 5.82 Å². The van der Waals surface area contributed by atoms with Gasteiger partial charge in [-0.15, -0.1) is 11.3 Å². The van der Waals surface area contributed by atoms with E-state index in [2.05, 4.69) is 31.5 Å². The van der Waals surface area contributed by atoms with Crippen molar-refractivity contribution in [3.05, 3.63) is 45.0 Å². The Morgan fingerprint density at radius 1 is 1.28 bits per heavy atom. The lowest BCUT2D eigenvalue weighted by atomic mass is 9.86. The lowest BCUT2D eigenvalue weighted by Gasteiger charge is -2.26. The maximum absolute atomic E-state index is 11.1. The van der Waals surface area contributed by atoms with E-state index in [1.165, 1.54) is 0 Å². The third-order valence-corrected chi connectivity index (χ3v) is 7.49. The Hall–Kier alpha value is -1.74. The summed E-state index contributed by atoms with van der Waals surface area (Å²) in [6, 6.07) is 8.00. The van der Waals surface area contributed by atoms with Gasteiger partial charge in [0.25, 0.3) is 0 Å². The lowest BCUT2D eigenvalue weighted by Crippen LogP contribution is -2.34. The number of hydrogen-bond donors (Lipinski definition) is 3. The molecule has 1 aliphatic rings. The van der Waals surface area contributed by atoms with Gasteiger partial charge in [0.05, 0.1) is 21.3 Å². The number of thiazole rings is 1. The highest BCUT2D eigenvalue weighted by Gasteiger charge is 2.25. The first-order valence-corrected chi connectivity index (χ1v) is 11.4. The van der Waals surface area contributed by atoms with Crippen molar-refractivity contribution in [2.45, 2.75) is 38.3 Å². The number of aromatic nitrogens is 2. The summed E-state index contributed by atoms with van der Waals surface area (Å²) in [5, 5.41) is 17.5. The summed E-state index contributed by atoms with van der Waals surface area (Å²) in [7, 11) is 0. The van der Waals surface area contributed by atoms with Crippen LogP contribution in [0, 0.1) is 5.92 Å². The van der Waals surface area contributed by atoms with E-state index in [1.807, 2.05) is 24.3 Å². The van der Waals surface area contributed by atoms with Gasteiger partial charge in [-0.05, 0) is 59.8 Å². The van der Waals surface area contributed by atoms with Crippen LogP contribution in [0.15, 0.2) is 34.9 Å². The van der Waals surface area contributed by atoms with E-state index in [4.69, 9.17) is 21.7 Å². The third kappa shape index (κ3) is 4.71. The summed E-state index contributed by atoms with van der Waals surface area (Å²) in [5.74, 6) is -0.195. The molecule has 1 saturated carbocycles. The molecule has 3 aromatic rings. The molecule has 9 heteroatoms. The number of carboxylic acid groups (broad SMARTS) is 1. The van der Waals surface area contributed by atoms with Crippen molar-refractivity contribution in [1.29, 1.82) is 0 Å². The lowest BCUT2D eigenvalue weighted by molar-refractivity contribution is -0.142. The molecule has 1 fully saturated rings. The number of pyridine rings is 1. The summed E-state index contributed by atoms with van der Waals surface area (Å²) >= 11 is 11.4. The molecule has 1 aromatic carbocycles. The fraction of sp³-hybridized carbons (Fsp3) is 0.350. The molecule has 0 spiro atoms. The van der Waals surface area contributed by atoms with Crippen LogP contribution in [0.25, 0.3) is 10.2 Å². The van der Waals surface area contributed by atoms with Gasteiger partial charge < -0.3 is 15.7 Å². The number of hydrogen-bond acceptors (Lipinski definition) is 6. The Labute approximate surface area is 185 Å². The fourth-order valence-electron chi connectivity index (χ4n) is 3.57. The molecule has 4 rings (SSSR count). The first-order chi connectivity index (χ1) is 14.0. The van der Waals surface area contributed by atoms with Gasteiger partial charge in [-0.1, -0.05) is 17.7 Å². The maximum Gasteiger partial charge on any atom is 0.306 e. The largest absolute Gasteiger partial charge is 0.481 e. The Kier molecular flexibility index (Phi) is 6.34. The number of halogens is 2.